The molecule has 0 aromatic rings. The lowest BCUT2D eigenvalue weighted by molar-refractivity contribution is -0.359. The Bertz CT molecular complexity index is 1560. The van der Waals surface area contributed by atoms with Gasteiger partial charge in [-0.05, 0) is 83.5 Å². The molecule has 14 nitrogen and oxygen atoms in total. The maximum absolute atomic E-state index is 13.2. The Labute approximate surface area is 426 Å². The molecule has 2 aliphatic rings. The molecule has 2 aliphatic heterocycles. The summed E-state index contributed by atoms with van der Waals surface area (Å²) < 4.78 is 22.7. The fourth-order valence-electron chi connectivity index (χ4n) is 8.10. The molecule has 0 saturated carbocycles. The van der Waals surface area contributed by atoms with Gasteiger partial charge < -0.3 is 65.1 Å². The summed E-state index contributed by atoms with van der Waals surface area (Å²) in [6.45, 7) is 2.57. The van der Waals surface area contributed by atoms with Crippen LogP contribution in [0, 0.1) is 0 Å². The van der Waals surface area contributed by atoms with Gasteiger partial charge in [0.15, 0.2) is 12.6 Å². The molecule has 2 heterocycles. The summed E-state index contributed by atoms with van der Waals surface area (Å²) in [6.07, 6.45) is 40.2. The van der Waals surface area contributed by atoms with E-state index in [1.54, 1.807) is 6.08 Å². The number of amides is 1. The number of aliphatic hydroxyl groups excluding tert-OH is 8. The molecule has 406 valence electrons. The van der Waals surface area contributed by atoms with E-state index in [1.807, 2.05) is 6.08 Å². The number of nitrogens with one attached hydrogen (secondary N) is 1. The number of unbranched alkanes of at least 4 members (excludes halogenated alkanes) is 13. The van der Waals surface area contributed by atoms with Gasteiger partial charge in [0.2, 0.25) is 5.91 Å². The number of ether oxygens (including phenoxy) is 4. The Hall–Kier alpha value is -3.09. The van der Waals surface area contributed by atoms with E-state index in [1.165, 1.54) is 44.9 Å². The Morgan fingerprint density at radius 2 is 0.986 bits per heavy atom. The summed E-state index contributed by atoms with van der Waals surface area (Å²) in [5.74, 6) is -0.267. The van der Waals surface area contributed by atoms with Crippen LogP contribution in [0.2, 0.25) is 0 Å². The number of hydrogen-bond acceptors (Lipinski definition) is 13. The minimum atomic E-state index is -1.80. The molecule has 2 saturated heterocycles. The van der Waals surface area contributed by atoms with Gasteiger partial charge in [-0.15, -0.1) is 0 Å². The van der Waals surface area contributed by atoms with E-state index in [4.69, 9.17) is 18.9 Å². The standard InChI is InChI=1S/C57H95NO13/c1-3-5-7-9-11-13-15-17-18-19-20-21-22-23-24-25-26-27-28-29-31-33-35-37-39-41-49(62)58-45(46(61)40-38-36-34-32-30-16-14-12-10-8-6-4-2)44-68-56-54(67)52(65)55(48(43-60)70-56)71-57-53(66)51(64)50(63)47(42-59)69-57/h5,7,10-13,17-18,20-21,23-24,30,32,38,40,45-48,50-57,59-61,63-67H,3-4,6,8-9,14-16,19,22,25-29,31,33-37,39,41-44H2,1-2H3,(H,58,62)/b7-5-,12-10+,13-11-,18-17-,21-20-,24-23-,32-30+,40-38+. The van der Waals surface area contributed by atoms with Gasteiger partial charge in [-0.1, -0.05) is 169 Å². The molecule has 0 spiro atoms. The SMILES string of the molecule is CC/C=C\C/C=C\C/C=C\C/C=C\C/C=C\CCCCCCCCCCCC(=O)NC(COC1OC(CO)C(OC2OC(CO)C(O)C(O)C2O)C(O)C1O)C(O)/C=C/CC/C=C/CC/C=C/CCCC. The molecule has 0 aliphatic carbocycles. The smallest absolute Gasteiger partial charge is 0.220 e. The average Bonchev–Trinajstić information content (AvgIpc) is 3.37. The van der Waals surface area contributed by atoms with Gasteiger partial charge in [0, 0.05) is 6.42 Å². The number of allylic oxidation sites excluding steroid dienone is 15. The molecule has 2 rings (SSSR count). The van der Waals surface area contributed by atoms with Gasteiger partial charge in [0.1, 0.15) is 48.8 Å². The monoisotopic (exact) mass is 1000 g/mol. The molecular formula is C57H95NO13. The van der Waals surface area contributed by atoms with Crippen LogP contribution in [0.5, 0.6) is 0 Å². The Kier molecular flexibility index (Phi) is 38.1. The quantitative estimate of drug-likeness (QED) is 0.0210. The van der Waals surface area contributed by atoms with Crippen molar-refractivity contribution in [2.75, 3.05) is 19.8 Å². The van der Waals surface area contributed by atoms with Crippen LogP contribution in [0.4, 0.5) is 0 Å². The molecule has 0 aromatic heterocycles. The van der Waals surface area contributed by atoms with Crippen LogP contribution in [0.25, 0.3) is 0 Å². The van der Waals surface area contributed by atoms with Gasteiger partial charge in [0.25, 0.3) is 0 Å². The van der Waals surface area contributed by atoms with Crippen LogP contribution in [0.15, 0.2) is 97.2 Å². The van der Waals surface area contributed by atoms with Crippen molar-refractivity contribution in [3.63, 3.8) is 0 Å². The van der Waals surface area contributed by atoms with Crippen LogP contribution < -0.4 is 5.32 Å². The highest BCUT2D eigenvalue weighted by Crippen LogP contribution is 2.30. The maximum Gasteiger partial charge on any atom is 0.220 e. The Balaban J connectivity index is 1.78. The third-order valence-corrected chi connectivity index (χ3v) is 12.5. The van der Waals surface area contributed by atoms with E-state index in [0.717, 1.165) is 83.5 Å². The van der Waals surface area contributed by atoms with Crippen molar-refractivity contribution >= 4 is 5.91 Å². The highest BCUT2D eigenvalue weighted by atomic mass is 16.7. The van der Waals surface area contributed by atoms with Gasteiger partial charge in [0.05, 0.1) is 32.0 Å². The van der Waals surface area contributed by atoms with Crippen molar-refractivity contribution in [2.45, 2.75) is 235 Å². The molecule has 12 unspecified atom stereocenters. The lowest BCUT2D eigenvalue weighted by Crippen LogP contribution is -2.65. The van der Waals surface area contributed by atoms with Crippen molar-refractivity contribution in [3.8, 4) is 0 Å². The minimum Gasteiger partial charge on any atom is -0.394 e. The first kappa shape index (κ1) is 64.0. The summed E-state index contributed by atoms with van der Waals surface area (Å²) in [4.78, 5) is 13.2. The van der Waals surface area contributed by atoms with Crippen LogP contribution in [-0.2, 0) is 23.7 Å². The average molecular weight is 1000 g/mol. The van der Waals surface area contributed by atoms with Crippen LogP contribution >= 0.6 is 0 Å². The van der Waals surface area contributed by atoms with E-state index in [9.17, 15) is 45.6 Å². The molecule has 12 atom stereocenters. The second-order valence-corrected chi connectivity index (χ2v) is 18.6. The van der Waals surface area contributed by atoms with E-state index < -0.39 is 86.8 Å². The van der Waals surface area contributed by atoms with Gasteiger partial charge in [-0.2, -0.15) is 0 Å². The van der Waals surface area contributed by atoms with Gasteiger partial charge in [-0.3, -0.25) is 4.79 Å². The van der Waals surface area contributed by atoms with Gasteiger partial charge >= 0.3 is 0 Å². The zero-order valence-electron chi connectivity index (χ0n) is 43.2. The van der Waals surface area contributed by atoms with Gasteiger partial charge in [-0.25, -0.2) is 0 Å². The number of rotatable bonds is 40. The first-order chi connectivity index (χ1) is 34.6. The molecule has 0 bridgehead atoms. The third-order valence-electron chi connectivity index (χ3n) is 12.5. The third kappa shape index (κ3) is 28.8. The summed E-state index contributed by atoms with van der Waals surface area (Å²) in [6, 6.07) is -0.946. The predicted molar refractivity (Wildman–Crippen MR) is 281 cm³/mol. The summed E-state index contributed by atoms with van der Waals surface area (Å²) in [7, 11) is 0. The van der Waals surface area contributed by atoms with E-state index >= 15 is 0 Å². The van der Waals surface area contributed by atoms with E-state index in [0.29, 0.717) is 12.8 Å². The highest BCUT2D eigenvalue weighted by molar-refractivity contribution is 5.76. The Morgan fingerprint density at radius 1 is 0.521 bits per heavy atom. The number of aliphatic hydroxyl groups is 8. The number of carbonyl (C=O) groups is 1. The lowest BCUT2D eigenvalue weighted by Gasteiger charge is -2.46. The number of carbonyl (C=O) groups excluding carboxylic acids is 1. The minimum absolute atomic E-state index is 0.256. The second-order valence-electron chi connectivity index (χ2n) is 18.6. The Morgan fingerprint density at radius 3 is 1.55 bits per heavy atom. The largest absolute Gasteiger partial charge is 0.394 e. The van der Waals surface area contributed by atoms with Crippen molar-refractivity contribution < 1.29 is 64.6 Å². The first-order valence-electron chi connectivity index (χ1n) is 27.0. The molecular weight excluding hydrogens is 907 g/mol. The van der Waals surface area contributed by atoms with Crippen LogP contribution in [-0.4, -0.2) is 140 Å². The molecule has 9 N–H and O–H groups in total. The number of hydrogen-bond donors (Lipinski definition) is 9. The predicted octanol–water partition coefficient (Wildman–Crippen LogP) is 7.93. The zero-order chi connectivity index (χ0) is 51.7. The summed E-state index contributed by atoms with van der Waals surface area (Å²) in [5, 5.41) is 86.7. The molecule has 0 aromatic carbocycles. The van der Waals surface area contributed by atoms with Crippen molar-refractivity contribution in [3.05, 3.63) is 97.2 Å². The summed E-state index contributed by atoms with van der Waals surface area (Å²) >= 11 is 0. The van der Waals surface area contributed by atoms with E-state index in [-0.39, 0.29) is 18.9 Å². The summed E-state index contributed by atoms with van der Waals surface area (Å²) in [5.41, 5.74) is 0. The highest BCUT2D eigenvalue weighted by Gasteiger charge is 2.51. The van der Waals surface area contributed by atoms with Crippen LogP contribution in [0.1, 0.15) is 162 Å². The van der Waals surface area contributed by atoms with E-state index in [2.05, 4.69) is 104 Å². The molecule has 2 fully saturated rings. The molecule has 1 amide bonds. The molecule has 71 heavy (non-hydrogen) atoms. The van der Waals surface area contributed by atoms with Crippen LogP contribution in [0.3, 0.4) is 0 Å². The van der Waals surface area contributed by atoms with Crippen molar-refractivity contribution in [2.24, 2.45) is 0 Å². The topological polar surface area (TPSA) is 228 Å². The molecule has 0 radical (unpaired) electrons. The molecule has 14 heteroatoms. The zero-order valence-corrected chi connectivity index (χ0v) is 43.2. The lowest BCUT2D eigenvalue weighted by atomic mass is 9.97. The fraction of sp³-hybridized carbons (Fsp3) is 0.702. The second kappa shape index (κ2) is 42.3. The maximum atomic E-state index is 13.2. The normalized spacial score (nSPS) is 26.6. The van der Waals surface area contributed by atoms with Crippen molar-refractivity contribution in [1.29, 1.82) is 0 Å². The fourth-order valence-corrected chi connectivity index (χ4v) is 8.10. The van der Waals surface area contributed by atoms with Crippen molar-refractivity contribution in [1.82, 2.24) is 5.32 Å². The first-order valence-corrected chi connectivity index (χ1v) is 27.0.